The molecule has 0 aromatic carbocycles. The molecule has 0 spiro atoms. The lowest BCUT2D eigenvalue weighted by molar-refractivity contribution is -0.156. The van der Waals surface area contributed by atoms with Crippen LogP contribution in [-0.4, -0.2) is 48.6 Å². The van der Waals surface area contributed by atoms with E-state index in [0.717, 1.165) is 0 Å². The zero-order chi connectivity index (χ0) is 13.9. The third-order valence-electron chi connectivity index (χ3n) is 3.33. The van der Waals surface area contributed by atoms with Crippen LogP contribution in [0.5, 0.6) is 0 Å². The number of hydrogen-bond donors (Lipinski definition) is 1. The molecule has 0 aromatic rings. The predicted octanol–water partition coefficient (Wildman–Crippen LogP) is 0.784. The molecule has 1 rings (SSSR count). The molecule has 0 aliphatic carbocycles. The average Bonchev–Trinajstić information content (AvgIpc) is 2.25. The number of nitrogens with zero attached hydrogens (tertiary/aromatic N) is 1. The van der Waals surface area contributed by atoms with Crippen LogP contribution in [0.2, 0.25) is 0 Å². The van der Waals surface area contributed by atoms with E-state index in [2.05, 4.69) is 5.32 Å². The zero-order valence-electron chi connectivity index (χ0n) is 11.9. The van der Waals surface area contributed by atoms with Crippen LogP contribution in [0, 0.1) is 5.92 Å². The van der Waals surface area contributed by atoms with E-state index in [1.807, 2.05) is 13.8 Å². The Balaban J connectivity index is 2.87. The molecule has 1 aliphatic heterocycles. The van der Waals surface area contributed by atoms with Crippen molar-refractivity contribution in [3.8, 4) is 0 Å². The smallest absolute Gasteiger partial charge is 0.246 e. The quantitative estimate of drug-likeness (QED) is 0.791. The maximum atomic E-state index is 12.4. The van der Waals surface area contributed by atoms with E-state index in [1.54, 1.807) is 25.9 Å². The van der Waals surface area contributed by atoms with Crippen LogP contribution in [0.1, 0.15) is 34.1 Å². The summed E-state index contributed by atoms with van der Waals surface area (Å²) >= 11 is 0. The first kappa shape index (κ1) is 15.0. The van der Waals surface area contributed by atoms with E-state index in [9.17, 15) is 9.59 Å². The van der Waals surface area contributed by atoms with Gasteiger partial charge in [0, 0.05) is 13.7 Å². The topological polar surface area (TPSA) is 58.6 Å². The number of amides is 2. The molecule has 0 aromatic heterocycles. The summed E-state index contributed by atoms with van der Waals surface area (Å²) in [6.45, 7) is 8.50. The number of rotatable bonds is 5. The highest BCUT2D eigenvalue weighted by molar-refractivity contribution is 5.99. The summed E-state index contributed by atoms with van der Waals surface area (Å²) in [5, 5.41) is 2.82. The number of piperazine rings is 1. The second-order valence-corrected chi connectivity index (χ2v) is 5.70. The lowest BCUT2D eigenvalue weighted by Gasteiger charge is -2.44. The maximum absolute atomic E-state index is 12.4. The molecule has 1 unspecified atom stereocenters. The van der Waals surface area contributed by atoms with Crippen molar-refractivity contribution in [3.05, 3.63) is 0 Å². The molecule has 1 fully saturated rings. The van der Waals surface area contributed by atoms with Gasteiger partial charge in [-0.05, 0) is 26.2 Å². The first-order valence-corrected chi connectivity index (χ1v) is 6.42. The summed E-state index contributed by atoms with van der Waals surface area (Å²) in [6.07, 6.45) is 0.671. The van der Waals surface area contributed by atoms with Crippen molar-refractivity contribution in [1.82, 2.24) is 10.2 Å². The van der Waals surface area contributed by atoms with E-state index in [-0.39, 0.29) is 11.8 Å². The van der Waals surface area contributed by atoms with Gasteiger partial charge in [-0.3, -0.25) is 9.59 Å². The first-order valence-electron chi connectivity index (χ1n) is 6.42. The van der Waals surface area contributed by atoms with Crippen LogP contribution >= 0.6 is 0 Å². The average molecular weight is 256 g/mol. The van der Waals surface area contributed by atoms with Crippen LogP contribution < -0.4 is 5.32 Å². The molecule has 1 aliphatic rings. The molecule has 2 amide bonds. The third kappa shape index (κ3) is 3.02. The molecule has 1 heterocycles. The standard InChI is InChI=1S/C13H24N2O3/c1-9(2)8-10-11(16)15(6-7-18-5)13(3,4)12(17)14-10/h9-10H,6-8H2,1-5H3,(H,14,17). The minimum atomic E-state index is -0.802. The predicted molar refractivity (Wildman–Crippen MR) is 69.1 cm³/mol. The number of carbonyl (C=O) groups excluding carboxylic acids is 2. The van der Waals surface area contributed by atoms with Crippen molar-refractivity contribution >= 4 is 11.8 Å². The number of hydrogen-bond acceptors (Lipinski definition) is 3. The Morgan fingerprint density at radius 1 is 1.39 bits per heavy atom. The van der Waals surface area contributed by atoms with Gasteiger partial charge in [0.1, 0.15) is 11.6 Å². The highest BCUT2D eigenvalue weighted by Gasteiger charge is 2.45. The van der Waals surface area contributed by atoms with Gasteiger partial charge in [0.15, 0.2) is 0 Å². The minimum absolute atomic E-state index is 0.00894. The Hall–Kier alpha value is -1.10. The van der Waals surface area contributed by atoms with Gasteiger partial charge in [0.2, 0.25) is 11.8 Å². The fraction of sp³-hybridized carbons (Fsp3) is 0.846. The number of ether oxygens (including phenoxy) is 1. The third-order valence-corrected chi connectivity index (χ3v) is 3.33. The van der Waals surface area contributed by atoms with Crippen LogP contribution in [0.15, 0.2) is 0 Å². The molecule has 0 radical (unpaired) electrons. The fourth-order valence-electron chi connectivity index (χ4n) is 2.19. The Labute approximate surface area is 109 Å². The van der Waals surface area contributed by atoms with Gasteiger partial charge in [-0.25, -0.2) is 0 Å². The Bertz CT molecular complexity index is 326. The SMILES string of the molecule is COCCN1C(=O)C(CC(C)C)NC(=O)C1(C)C. The van der Waals surface area contributed by atoms with E-state index in [1.165, 1.54) is 0 Å². The largest absolute Gasteiger partial charge is 0.383 e. The van der Waals surface area contributed by atoms with Crippen LogP contribution in [0.3, 0.4) is 0 Å². The second kappa shape index (κ2) is 5.69. The minimum Gasteiger partial charge on any atom is -0.383 e. The van der Waals surface area contributed by atoms with E-state index in [0.29, 0.717) is 25.5 Å². The van der Waals surface area contributed by atoms with Crippen molar-refractivity contribution in [3.63, 3.8) is 0 Å². The summed E-state index contributed by atoms with van der Waals surface area (Å²) in [6, 6.07) is -0.401. The summed E-state index contributed by atoms with van der Waals surface area (Å²) in [5.74, 6) is 0.263. The lowest BCUT2D eigenvalue weighted by atomic mass is 9.92. The zero-order valence-corrected chi connectivity index (χ0v) is 11.9. The first-order chi connectivity index (χ1) is 8.30. The van der Waals surface area contributed by atoms with E-state index < -0.39 is 11.6 Å². The van der Waals surface area contributed by atoms with Crippen molar-refractivity contribution in [1.29, 1.82) is 0 Å². The molecule has 0 saturated carbocycles. The van der Waals surface area contributed by atoms with Gasteiger partial charge in [0.25, 0.3) is 0 Å². The Morgan fingerprint density at radius 2 is 2.00 bits per heavy atom. The van der Waals surface area contributed by atoms with Gasteiger partial charge in [-0.15, -0.1) is 0 Å². The number of nitrogens with one attached hydrogen (secondary N) is 1. The molecular weight excluding hydrogens is 232 g/mol. The molecule has 1 N–H and O–H groups in total. The van der Waals surface area contributed by atoms with Crippen molar-refractivity contribution in [2.24, 2.45) is 5.92 Å². The maximum Gasteiger partial charge on any atom is 0.246 e. The molecule has 104 valence electrons. The van der Waals surface area contributed by atoms with Crippen LogP contribution in [0.25, 0.3) is 0 Å². The van der Waals surface area contributed by atoms with Gasteiger partial charge < -0.3 is 15.0 Å². The van der Waals surface area contributed by atoms with Gasteiger partial charge in [-0.1, -0.05) is 13.8 Å². The van der Waals surface area contributed by atoms with Crippen LogP contribution in [-0.2, 0) is 14.3 Å². The highest BCUT2D eigenvalue weighted by atomic mass is 16.5. The van der Waals surface area contributed by atoms with Crippen LogP contribution in [0.4, 0.5) is 0 Å². The van der Waals surface area contributed by atoms with Gasteiger partial charge >= 0.3 is 0 Å². The van der Waals surface area contributed by atoms with Gasteiger partial charge in [0.05, 0.1) is 6.61 Å². The number of methoxy groups -OCH3 is 1. The fourth-order valence-corrected chi connectivity index (χ4v) is 2.19. The van der Waals surface area contributed by atoms with E-state index >= 15 is 0 Å². The summed E-state index contributed by atoms with van der Waals surface area (Å²) in [7, 11) is 1.59. The van der Waals surface area contributed by atoms with Crippen molar-refractivity contribution < 1.29 is 14.3 Å². The summed E-state index contributed by atoms with van der Waals surface area (Å²) in [5.41, 5.74) is -0.802. The molecule has 1 saturated heterocycles. The normalized spacial score (nSPS) is 23.4. The Morgan fingerprint density at radius 3 is 2.50 bits per heavy atom. The monoisotopic (exact) mass is 256 g/mol. The highest BCUT2D eigenvalue weighted by Crippen LogP contribution is 2.23. The van der Waals surface area contributed by atoms with Crippen molar-refractivity contribution in [2.75, 3.05) is 20.3 Å². The Kier molecular flexibility index (Phi) is 4.73. The molecule has 5 heteroatoms. The van der Waals surface area contributed by atoms with Crippen molar-refractivity contribution in [2.45, 2.75) is 45.7 Å². The molecule has 5 nitrogen and oxygen atoms in total. The summed E-state index contributed by atoms with van der Waals surface area (Å²) < 4.78 is 5.01. The molecule has 1 atom stereocenters. The summed E-state index contributed by atoms with van der Waals surface area (Å²) in [4.78, 5) is 26.1. The number of carbonyl (C=O) groups is 2. The molecule has 18 heavy (non-hydrogen) atoms. The van der Waals surface area contributed by atoms with Gasteiger partial charge in [-0.2, -0.15) is 0 Å². The lowest BCUT2D eigenvalue weighted by Crippen LogP contribution is -2.68. The second-order valence-electron chi connectivity index (χ2n) is 5.70. The molecule has 0 bridgehead atoms. The van der Waals surface area contributed by atoms with E-state index in [4.69, 9.17) is 4.74 Å². The molecular formula is C13H24N2O3.